The molecule has 0 aromatic heterocycles. The van der Waals surface area contributed by atoms with Gasteiger partial charge in [-0.05, 0) is 18.1 Å². The van der Waals surface area contributed by atoms with Crippen LogP contribution in [0.2, 0.25) is 0 Å². The average Bonchev–Trinajstić information content (AvgIpc) is 2.28. The Bertz CT molecular complexity index is 387. The number of fused-ring (bicyclic) bond motifs is 1. The summed E-state index contributed by atoms with van der Waals surface area (Å²) in [7, 11) is 0. The molecule has 16 heavy (non-hydrogen) atoms. The number of carbonyl (C=O) groups excluding carboxylic acids is 1. The van der Waals surface area contributed by atoms with Gasteiger partial charge in [-0.15, -0.1) is 0 Å². The van der Waals surface area contributed by atoms with Gasteiger partial charge in [-0.3, -0.25) is 4.79 Å². The molecule has 0 bridgehead atoms. The van der Waals surface area contributed by atoms with E-state index in [0.29, 0.717) is 6.61 Å². The van der Waals surface area contributed by atoms with Gasteiger partial charge in [0.05, 0.1) is 6.04 Å². The molecule has 1 aromatic rings. The lowest BCUT2D eigenvalue weighted by Crippen LogP contribution is -2.44. The van der Waals surface area contributed by atoms with Crippen molar-refractivity contribution in [1.29, 1.82) is 0 Å². The van der Waals surface area contributed by atoms with Crippen LogP contribution >= 0.6 is 0 Å². The van der Waals surface area contributed by atoms with Crippen LogP contribution in [-0.4, -0.2) is 18.6 Å². The van der Waals surface area contributed by atoms with Crippen LogP contribution in [0.1, 0.15) is 19.4 Å². The van der Waals surface area contributed by atoms with Gasteiger partial charge < -0.3 is 10.1 Å². The van der Waals surface area contributed by atoms with Crippen LogP contribution in [-0.2, 0) is 11.2 Å². The highest BCUT2D eigenvalue weighted by Gasteiger charge is 2.21. The summed E-state index contributed by atoms with van der Waals surface area (Å²) in [5.41, 5.74) is 1.17. The van der Waals surface area contributed by atoms with E-state index in [1.165, 1.54) is 5.56 Å². The minimum atomic E-state index is 0.0252. The Morgan fingerprint density at radius 1 is 1.44 bits per heavy atom. The quantitative estimate of drug-likeness (QED) is 0.823. The van der Waals surface area contributed by atoms with Crippen LogP contribution in [0.4, 0.5) is 0 Å². The Morgan fingerprint density at radius 3 is 2.94 bits per heavy atom. The SMILES string of the molecule is CC(C)C(=O)NC1COc2ccccc2C1. The maximum atomic E-state index is 11.6. The zero-order valence-electron chi connectivity index (χ0n) is 9.69. The minimum absolute atomic E-state index is 0.0252. The number of benzene rings is 1. The Kier molecular flexibility index (Phi) is 3.13. The van der Waals surface area contributed by atoms with Gasteiger partial charge in [0.2, 0.25) is 5.91 Å². The van der Waals surface area contributed by atoms with E-state index in [1.807, 2.05) is 38.1 Å². The fourth-order valence-corrected chi connectivity index (χ4v) is 1.79. The van der Waals surface area contributed by atoms with Gasteiger partial charge in [0.25, 0.3) is 0 Å². The standard InChI is InChI=1S/C13H17NO2/c1-9(2)13(15)14-11-7-10-5-3-4-6-12(10)16-8-11/h3-6,9,11H,7-8H2,1-2H3,(H,14,15). The predicted molar refractivity (Wildman–Crippen MR) is 62.4 cm³/mol. The number of rotatable bonds is 2. The number of ether oxygens (including phenoxy) is 1. The lowest BCUT2D eigenvalue weighted by molar-refractivity contribution is -0.125. The van der Waals surface area contributed by atoms with Crippen molar-refractivity contribution in [2.75, 3.05) is 6.61 Å². The first-order chi connectivity index (χ1) is 7.66. The second-order valence-electron chi connectivity index (χ2n) is 4.48. The molecule has 1 amide bonds. The normalized spacial score (nSPS) is 18.8. The number of amides is 1. The summed E-state index contributed by atoms with van der Waals surface area (Å²) >= 11 is 0. The summed E-state index contributed by atoms with van der Waals surface area (Å²) in [6.07, 6.45) is 0.856. The molecule has 0 spiro atoms. The molecule has 1 aliphatic rings. The molecular weight excluding hydrogens is 202 g/mol. The van der Waals surface area contributed by atoms with Gasteiger partial charge in [0.1, 0.15) is 12.4 Å². The molecule has 1 unspecified atom stereocenters. The van der Waals surface area contributed by atoms with Gasteiger partial charge >= 0.3 is 0 Å². The molecule has 3 heteroatoms. The third-order valence-electron chi connectivity index (χ3n) is 2.75. The molecule has 0 radical (unpaired) electrons. The first kappa shape index (κ1) is 11.0. The summed E-state index contributed by atoms with van der Waals surface area (Å²) in [6.45, 7) is 4.36. The lowest BCUT2D eigenvalue weighted by Gasteiger charge is -2.26. The molecule has 1 aliphatic heterocycles. The van der Waals surface area contributed by atoms with Crippen molar-refractivity contribution in [3.8, 4) is 5.75 Å². The Morgan fingerprint density at radius 2 is 2.19 bits per heavy atom. The second kappa shape index (κ2) is 4.56. The van der Waals surface area contributed by atoms with Crippen molar-refractivity contribution < 1.29 is 9.53 Å². The second-order valence-corrected chi connectivity index (χ2v) is 4.48. The highest BCUT2D eigenvalue weighted by atomic mass is 16.5. The molecule has 1 aromatic carbocycles. The molecule has 0 saturated carbocycles. The first-order valence-corrected chi connectivity index (χ1v) is 5.68. The van der Waals surface area contributed by atoms with Crippen molar-refractivity contribution in [2.24, 2.45) is 5.92 Å². The molecule has 0 saturated heterocycles. The van der Waals surface area contributed by atoms with Crippen LogP contribution in [0.25, 0.3) is 0 Å². The smallest absolute Gasteiger partial charge is 0.222 e. The largest absolute Gasteiger partial charge is 0.491 e. The third kappa shape index (κ3) is 2.35. The van der Waals surface area contributed by atoms with E-state index in [9.17, 15) is 4.79 Å². The summed E-state index contributed by atoms with van der Waals surface area (Å²) < 4.78 is 5.60. The van der Waals surface area contributed by atoms with Crippen molar-refractivity contribution in [3.05, 3.63) is 29.8 Å². The molecular formula is C13H17NO2. The van der Waals surface area contributed by atoms with Gasteiger partial charge in [0, 0.05) is 5.92 Å². The number of para-hydroxylation sites is 1. The molecule has 2 rings (SSSR count). The van der Waals surface area contributed by atoms with E-state index in [-0.39, 0.29) is 17.9 Å². The number of hydrogen-bond donors (Lipinski definition) is 1. The predicted octanol–water partition coefficient (Wildman–Crippen LogP) is 1.76. The van der Waals surface area contributed by atoms with Crippen molar-refractivity contribution in [1.82, 2.24) is 5.32 Å². The van der Waals surface area contributed by atoms with E-state index in [2.05, 4.69) is 5.32 Å². The van der Waals surface area contributed by atoms with Crippen LogP contribution in [0.5, 0.6) is 5.75 Å². The monoisotopic (exact) mass is 219 g/mol. The van der Waals surface area contributed by atoms with Crippen LogP contribution in [0, 0.1) is 5.92 Å². The number of hydrogen-bond acceptors (Lipinski definition) is 2. The number of carbonyl (C=O) groups is 1. The van der Waals surface area contributed by atoms with E-state index in [0.717, 1.165) is 12.2 Å². The van der Waals surface area contributed by atoms with E-state index in [4.69, 9.17) is 4.74 Å². The maximum absolute atomic E-state index is 11.6. The fourth-order valence-electron chi connectivity index (χ4n) is 1.79. The Hall–Kier alpha value is -1.51. The zero-order chi connectivity index (χ0) is 11.5. The van der Waals surface area contributed by atoms with Gasteiger partial charge in [-0.2, -0.15) is 0 Å². The maximum Gasteiger partial charge on any atom is 0.222 e. The van der Waals surface area contributed by atoms with E-state index >= 15 is 0 Å². The lowest BCUT2D eigenvalue weighted by atomic mass is 10.0. The molecule has 0 fully saturated rings. The minimum Gasteiger partial charge on any atom is -0.491 e. The fraction of sp³-hybridized carbons (Fsp3) is 0.462. The van der Waals surface area contributed by atoms with E-state index in [1.54, 1.807) is 0 Å². The zero-order valence-corrected chi connectivity index (χ0v) is 9.69. The van der Waals surface area contributed by atoms with Gasteiger partial charge in [-0.25, -0.2) is 0 Å². The van der Waals surface area contributed by atoms with Crippen molar-refractivity contribution in [2.45, 2.75) is 26.3 Å². The Labute approximate surface area is 95.8 Å². The molecule has 1 N–H and O–H groups in total. The molecule has 3 nitrogen and oxygen atoms in total. The highest BCUT2D eigenvalue weighted by molar-refractivity contribution is 5.78. The van der Waals surface area contributed by atoms with Gasteiger partial charge in [0.15, 0.2) is 0 Å². The van der Waals surface area contributed by atoms with Crippen LogP contribution in [0.15, 0.2) is 24.3 Å². The third-order valence-corrected chi connectivity index (χ3v) is 2.75. The summed E-state index contributed by atoms with van der Waals surface area (Å²) in [4.78, 5) is 11.6. The average molecular weight is 219 g/mol. The number of nitrogens with one attached hydrogen (secondary N) is 1. The highest BCUT2D eigenvalue weighted by Crippen LogP contribution is 2.23. The topological polar surface area (TPSA) is 38.3 Å². The first-order valence-electron chi connectivity index (χ1n) is 5.68. The van der Waals surface area contributed by atoms with Crippen LogP contribution < -0.4 is 10.1 Å². The van der Waals surface area contributed by atoms with Crippen LogP contribution in [0.3, 0.4) is 0 Å². The van der Waals surface area contributed by atoms with Gasteiger partial charge in [-0.1, -0.05) is 32.0 Å². The molecule has 1 heterocycles. The van der Waals surface area contributed by atoms with Crippen molar-refractivity contribution in [3.63, 3.8) is 0 Å². The molecule has 0 aliphatic carbocycles. The molecule has 1 atom stereocenters. The Balaban J connectivity index is 2.00. The molecule has 86 valence electrons. The van der Waals surface area contributed by atoms with Crippen molar-refractivity contribution >= 4 is 5.91 Å². The van der Waals surface area contributed by atoms with E-state index < -0.39 is 0 Å². The summed E-state index contributed by atoms with van der Waals surface area (Å²) in [5, 5.41) is 3.00. The summed E-state index contributed by atoms with van der Waals surface area (Å²) in [6, 6.07) is 8.07. The summed E-state index contributed by atoms with van der Waals surface area (Å²) in [5.74, 6) is 1.06.